The normalized spacial score (nSPS) is 21.7. The average Bonchev–Trinajstić information content (AvgIpc) is 2.79. The summed E-state index contributed by atoms with van der Waals surface area (Å²) in [7, 11) is 0. The fourth-order valence-corrected chi connectivity index (χ4v) is 2.17. The molecule has 0 amide bonds. The van der Waals surface area contributed by atoms with Crippen molar-refractivity contribution in [2.75, 3.05) is 26.2 Å². The van der Waals surface area contributed by atoms with Crippen LogP contribution in [-0.4, -0.2) is 37.2 Å². The second kappa shape index (κ2) is 8.08. The second-order valence-electron chi connectivity index (χ2n) is 5.42. The lowest BCUT2D eigenvalue weighted by Gasteiger charge is -2.19. The van der Waals surface area contributed by atoms with Gasteiger partial charge in [-0.15, -0.1) is 0 Å². The van der Waals surface area contributed by atoms with E-state index in [9.17, 15) is 0 Å². The number of likely N-dealkylation sites (tertiary alicyclic amines) is 1. The van der Waals surface area contributed by atoms with E-state index in [2.05, 4.69) is 30.9 Å². The van der Waals surface area contributed by atoms with Crippen LogP contribution in [0.3, 0.4) is 0 Å². The number of hydrogen-bond donors (Lipinski definition) is 0. The molecule has 1 fully saturated rings. The summed E-state index contributed by atoms with van der Waals surface area (Å²) in [6, 6.07) is 4.40. The Bertz CT molecular complexity index is 316. The molecule has 0 saturated carbocycles. The Morgan fingerprint density at radius 1 is 1.39 bits per heavy atom. The Hall–Kier alpha value is -1.10. The summed E-state index contributed by atoms with van der Waals surface area (Å²) in [5.74, 6) is 0.551. The third kappa shape index (κ3) is 5.49. The highest BCUT2D eigenvalue weighted by Gasteiger charge is 2.25. The van der Waals surface area contributed by atoms with Crippen LogP contribution >= 0.6 is 0 Å². The molecule has 1 aliphatic heterocycles. The van der Waals surface area contributed by atoms with Gasteiger partial charge in [0.2, 0.25) is 0 Å². The van der Waals surface area contributed by atoms with Crippen molar-refractivity contribution < 1.29 is 4.74 Å². The Morgan fingerprint density at radius 2 is 2.17 bits per heavy atom. The minimum Gasteiger partial charge on any atom is -0.377 e. The van der Waals surface area contributed by atoms with Gasteiger partial charge in [-0.3, -0.25) is 4.90 Å². The van der Waals surface area contributed by atoms with E-state index in [0.717, 1.165) is 32.7 Å². The van der Waals surface area contributed by atoms with Gasteiger partial charge in [-0.1, -0.05) is 13.8 Å². The summed E-state index contributed by atoms with van der Waals surface area (Å²) in [6.45, 7) is 7.83. The zero-order valence-corrected chi connectivity index (χ0v) is 11.4. The predicted octanol–water partition coefficient (Wildman–Crippen LogP) is 2.18. The zero-order valence-electron chi connectivity index (χ0n) is 11.4. The van der Waals surface area contributed by atoms with Crippen LogP contribution in [0.25, 0.3) is 0 Å². The van der Waals surface area contributed by atoms with Gasteiger partial charge in [0, 0.05) is 32.7 Å². The van der Waals surface area contributed by atoms with Crippen molar-refractivity contribution >= 4 is 0 Å². The van der Waals surface area contributed by atoms with Gasteiger partial charge >= 0.3 is 0 Å². The van der Waals surface area contributed by atoms with Crippen molar-refractivity contribution in [1.29, 1.82) is 10.5 Å². The van der Waals surface area contributed by atoms with Crippen LogP contribution in [0.15, 0.2) is 0 Å². The molecule has 0 aliphatic carbocycles. The maximum Gasteiger partial charge on any atom is 0.0714 e. The maximum atomic E-state index is 9.04. The Kier molecular flexibility index (Phi) is 6.72. The molecule has 1 heterocycles. The average molecular weight is 249 g/mol. The third-order valence-electron chi connectivity index (χ3n) is 3.16. The second-order valence-corrected chi connectivity index (χ2v) is 5.42. The standard InChI is InChI=1S/C14H23N3O/c1-12(2)11-18-14-5-7-17(10-14)9-13(8-16)4-3-6-15/h12-14H,3-5,7,9-11H2,1-2H3/t13-,14-/m1/s1. The number of nitrogens with zero attached hydrogens (tertiary/aromatic N) is 3. The van der Waals surface area contributed by atoms with Crippen LogP contribution in [0.5, 0.6) is 0 Å². The molecule has 4 heteroatoms. The molecule has 0 spiro atoms. The van der Waals surface area contributed by atoms with Crippen LogP contribution in [0, 0.1) is 34.5 Å². The number of ether oxygens (including phenoxy) is 1. The monoisotopic (exact) mass is 249 g/mol. The molecule has 0 aromatic carbocycles. The van der Waals surface area contributed by atoms with E-state index in [-0.39, 0.29) is 5.92 Å². The summed E-state index contributed by atoms with van der Waals surface area (Å²) >= 11 is 0. The highest BCUT2D eigenvalue weighted by molar-refractivity contribution is 4.89. The van der Waals surface area contributed by atoms with Crippen LogP contribution in [0.1, 0.15) is 33.1 Å². The van der Waals surface area contributed by atoms with E-state index in [4.69, 9.17) is 15.3 Å². The largest absolute Gasteiger partial charge is 0.377 e. The van der Waals surface area contributed by atoms with Gasteiger partial charge in [0.05, 0.1) is 24.2 Å². The van der Waals surface area contributed by atoms with Crippen LogP contribution in [0.2, 0.25) is 0 Å². The van der Waals surface area contributed by atoms with E-state index in [0.29, 0.717) is 24.9 Å². The van der Waals surface area contributed by atoms with Gasteiger partial charge in [0.1, 0.15) is 0 Å². The molecule has 0 unspecified atom stereocenters. The topological polar surface area (TPSA) is 60.0 Å². The number of rotatable bonds is 7. The summed E-state index contributed by atoms with van der Waals surface area (Å²) in [4.78, 5) is 2.29. The van der Waals surface area contributed by atoms with Crippen LogP contribution < -0.4 is 0 Å². The highest BCUT2D eigenvalue weighted by Crippen LogP contribution is 2.17. The van der Waals surface area contributed by atoms with Crippen LogP contribution in [0.4, 0.5) is 0 Å². The van der Waals surface area contributed by atoms with Crippen LogP contribution in [-0.2, 0) is 4.74 Å². The molecule has 0 bridgehead atoms. The molecular weight excluding hydrogens is 226 g/mol. The van der Waals surface area contributed by atoms with E-state index < -0.39 is 0 Å². The molecule has 2 atom stereocenters. The maximum absolute atomic E-state index is 9.04. The quantitative estimate of drug-likeness (QED) is 0.694. The van der Waals surface area contributed by atoms with Gasteiger partial charge < -0.3 is 4.74 Å². The lowest BCUT2D eigenvalue weighted by molar-refractivity contribution is 0.0411. The van der Waals surface area contributed by atoms with Crippen molar-refractivity contribution in [3.63, 3.8) is 0 Å². The van der Waals surface area contributed by atoms with E-state index in [1.54, 1.807) is 0 Å². The molecule has 1 aliphatic rings. The first-order chi connectivity index (χ1) is 8.65. The van der Waals surface area contributed by atoms with Gasteiger partial charge in [0.25, 0.3) is 0 Å². The van der Waals surface area contributed by atoms with E-state index in [1.807, 2.05) is 0 Å². The molecule has 18 heavy (non-hydrogen) atoms. The lowest BCUT2D eigenvalue weighted by Crippen LogP contribution is -2.29. The van der Waals surface area contributed by atoms with E-state index in [1.165, 1.54) is 0 Å². The highest BCUT2D eigenvalue weighted by atomic mass is 16.5. The first-order valence-electron chi connectivity index (χ1n) is 6.76. The SMILES string of the molecule is CC(C)CO[C@@H]1CCN(C[C@@H](C#N)CCC#N)C1. The zero-order chi connectivity index (χ0) is 13.4. The molecule has 4 nitrogen and oxygen atoms in total. The first kappa shape index (κ1) is 15.0. The minimum atomic E-state index is -0.0199. The van der Waals surface area contributed by atoms with Crippen molar-refractivity contribution in [2.45, 2.75) is 39.2 Å². The summed E-state index contributed by atoms with van der Waals surface area (Å²) in [6.07, 6.45) is 2.53. The molecule has 0 N–H and O–H groups in total. The molecular formula is C14H23N3O. The molecule has 0 aromatic rings. The smallest absolute Gasteiger partial charge is 0.0714 e. The minimum absolute atomic E-state index is 0.0199. The van der Waals surface area contributed by atoms with Crippen molar-refractivity contribution in [1.82, 2.24) is 4.90 Å². The van der Waals surface area contributed by atoms with E-state index >= 15 is 0 Å². The summed E-state index contributed by atoms with van der Waals surface area (Å²) in [5, 5.41) is 17.6. The fourth-order valence-electron chi connectivity index (χ4n) is 2.17. The summed E-state index contributed by atoms with van der Waals surface area (Å²) in [5.41, 5.74) is 0. The Labute approximate surface area is 110 Å². The predicted molar refractivity (Wildman–Crippen MR) is 69.6 cm³/mol. The molecule has 0 radical (unpaired) electrons. The summed E-state index contributed by atoms with van der Waals surface area (Å²) < 4.78 is 5.81. The Balaban J connectivity index is 2.25. The Morgan fingerprint density at radius 3 is 2.78 bits per heavy atom. The fraction of sp³-hybridized carbons (Fsp3) is 0.857. The molecule has 1 rings (SSSR count). The number of nitriles is 2. The molecule has 100 valence electrons. The number of hydrogen-bond acceptors (Lipinski definition) is 4. The van der Waals surface area contributed by atoms with Crippen molar-refractivity contribution in [3.05, 3.63) is 0 Å². The lowest BCUT2D eigenvalue weighted by atomic mass is 10.1. The van der Waals surface area contributed by atoms with Gasteiger partial charge in [-0.2, -0.15) is 10.5 Å². The first-order valence-corrected chi connectivity index (χ1v) is 6.76. The van der Waals surface area contributed by atoms with Gasteiger partial charge in [0.15, 0.2) is 0 Å². The molecule has 0 aromatic heterocycles. The van der Waals surface area contributed by atoms with Gasteiger partial charge in [-0.05, 0) is 18.8 Å². The third-order valence-corrected chi connectivity index (χ3v) is 3.16. The van der Waals surface area contributed by atoms with Crippen molar-refractivity contribution in [3.8, 4) is 12.1 Å². The van der Waals surface area contributed by atoms with Crippen molar-refractivity contribution in [2.24, 2.45) is 11.8 Å². The molecule has 1 saturated heterocycles. The van der Waals surface area contributed by atoms with Gasteiger partial charge in [-0.25, -0.2) is 0 Å².